The fraction of sp³-hybridized carbons (Fsp3) is 0.174. The lowest BCUT2D eigenvalue weighted by Crippen LogP contribution is -2.38. The maximum Gasteiger partial charge on any atom is 0.416 e. The van der Waals surface area contributed by atoms with Gasteiger partial charge >= 0.3 is 6.18 Å². The van der Waals surface area contributed by atoms with Gasteiger partial charge in [0.25, 0.3) is 10.0 Å². The van der Waals surface area contributed by atoms with Crippen molar-refractivity contribution < 1.29 is 35.9 Å². The van der Waals surface area contributed by atoms with E-state index >= 15 is 0 Å². The predicted octanol–water partition coefficient (Wildman–Crippen LogP) is 4.56. The lowest BCUT2D eigenvalue weighted by molar-refractivity contribution is -0.137. The Labute approximate surface area is 194 Å². The van der Waals surface area contributed by atoms with Gasteiger partial charge in [0.1, 0.15) is 6.54 Å². The van der Waals surface area contributed by atoms with Crippen LogP contribution in [0.15, 0.2) is 77.7 Å². The zero-order valence-corrected chi connectivity index (χ0v) is 19.0. The summed E-state index contributed by atoms with van der Waals surface area (Å²) in [4.78, 5) is 12.6. The van der Waals surface area contributed by atoms with Gasteiger partial charge < -0.3 is 14.8 Å². The molecule has 180 valence electrons. The van der Waals surface area contributed by atoms with Crippen LogP contribution in [0.4, 0.5) is 24.5 Å². The van der Waals surface area contributed by atoms with Crippen LogP contribution in [0.3, 0.4) is 0 Å². The second kappa shape index (κ2) is 10.0. The maximum atomic E-state index is 13.3. The van der Waals surface area contributed by atoms with Crippen LogP contribution in [-0.2, 0) is 21.0 Å². The van der Waals surface area contributed by atoms with Crippen molar-refractivity contribution in [2.45, 2.75) is 11.1 Å². The van der Waals surface area contributed by atoms with E-state index in [1.165, 1.54) is 56.7 Å². The molecule has 0 aliphatic heterocycles. The van der Waals surface area contributed by atoms with E-state index in [0.29, 0.717) is 21.9 Å². The lowest BCUT2D eigenvalue weighted by atomic mass is 10.2. The summed E-state index contributed by atoms with van der Waals surface area (Å²) in [6.07, 6.45) is -4.69. The number of amides is 1. The molecule has 0 aliphatic carbocycles. The van der Waals surface area contributed by atoms with Gasteiger partial charge in [0.15, 0.2) is 11.5 Å². The third-order valence-corrected chi connectivity index (χ3v) is 6.54. The van der Waals surface area contributed by atoms with Crippen LogP contribution in [-0.4, -0.2) is 35.1 Å². The Morgan fingerprint density at radius 3 is 2.21 bits per heavy atom. The number of methoxy groups -OCH3 is 2. The Morgan fingerprint density at radius 1 is 0.912 bits per heavy atom. The Kier molecular flexibility index (Phi) is 7.35. The van der Waals surface area contributed by atoms with Gasteiger partial charge in [-0.05, 0) is 42.5 Å². The molecule has 0 radical (unpaired) electrons. The van der Waals surface area contributed by atoms with Gasteiger partial charge in [-0.1, -0.05) is 24.3 Å². The Morgan fingerprint density at radius 2 is 1.59 bits per heavy atom. The van der Waals surface area contributed by atoms with Gasteiger partial charge in [-0.2, -0.15) is 13.2 Å². The molecule has 0 aliphatic rings. The number of benzene rings is 3. The van der Waals surface area contributed by atoms with Crippen LogP contribution in [0, 0.1) is 0 Å². The molecule has 7 nitrogen and oxygen atoms in total. The van der Waals surface area contributed by atoms with E-state index in [1.54, 1.807) is 12.1 Å². The van der Waals surface area contributed by atoms with Gasteiger partial charge in [0.05, 0.1) is 30.4 Å². The largest absolute Gasteiger partial charge is 0.493 e. The van der Waals surface area contributed by atoms with Crippen LogP contribution >= 0.6 is 0 Å². The molecule has 3 aromatic carbocycles. The molecule has 0 heterocycles. The minimum absolute atomic E-state index is 0.175. The first-order chi connectivity index (χ1) is 16.1. The highest BCUT2D eigenvalue weighted by atomic mass is 32.2. The first-order valence-corrected chi connectivity index (χ1v) is 11.3. The molecule has 34 heavy (non-hydrogen) atoms. The zero-order chi connectivity index (χ0) is 24.9. The smallest absolute Gasteiger partial charge is 0.416 e. The second-order valence-electron chi connectivity index (χ2n) is 6.99. The molecule has 0 bridgehead atoms. The number of alkyl halides is 3. The van der Waals surface area contributed by atoms with Crippen molar-refractivity contribution in [3.8, 4) is 11.5 Å². The third-order valence-electron chi connectivity index (χ3n) is 4.75. The molecule has 3 aromatic rings. The molecular formula is C23H21F3N2O5S. The molecule has 0 saturated heterocycles. The van der Waals surface area contributed by atoms with E-state index in [1.807, 2.05) is 0 Å². The fourth-order valence-corrected chi connectivity index (χ4v) is 4.55. The predicted molar refractivity (Wildman–Crippen MR) is 121 cm³/mol. The normalized spacial score (nSPS) is 11.6. The number of carbonyl (C=O) groups excluding carboxylic acids is 1. The highest BCUT2D eigenvalue weighted by Crippen LogP contribution is 2.33. The molecule has 0 unspecified atom stereocenters. The number of hydrogen-bond donors (Lipinski definition) is 1. The highest BCUT2D eigenvalue weighted by molar-refractivity contribution is 7.92. The zero-order valence-electron chi connectivity index (χ0n) is 18.2. The van der Waals surface area contributed by atoms with Crippen molar-refractivity contribution in [1.29, 1.82) is 0 Å². The van der Waals surface area contributed by atoms with Gasteiger partial charge in [0.2, 0.25) is 5.91 Å². The maximum absolute atomic E-state index is 13.3. The fourth-order valence-electron chi connectivity index (χ4n) is 3.12. The molecular weight excluding hydrogens is 473 g/mol. The van der Waals surface area contributed by atoms with Crippen molar-refractivity contribution in [2.24, 2.45) is 0 Å². The summed E-state index contributed by atoms with van der Waals surface area (Å²) in [6, 6.07) is 15.4. The number of hydrogen-bond acceptors (Lipinski definition) is 5. The Hall–Kier alpha value is -3.73. The standard InChI is InChI=1S/C23H21F3N2O5S/c1-32-20-12-11-17(14-21(20)33-2)27-22(29)15-28(34(30,31)19-9-4-3-5-10-19)18-8-6-7-16(13-18)23(24,25)26/h3-14H,15H2,1-2H3,(H,27,29). The van der Waals surface area contributed by atoms with E-state index in [9.17, 15) is 26.4 Å². The first-order valence-electron chi connectivity index (χ1n) is 9.83. The summed E-state index contributed by atoms with van der Waals surface area (Å²) >= 11 is 0. The number of rotatable bonds is 8. The lowest BCUT2D eigenvalue weighted by Gasteiger charge is -2.25. The first kappa shape index (κ1) is 24.9. The molecule has 0 fully saturated rings. The van der Waals surface area contributed by atoms with Crippen molar-refractivity contribution in [1.82, 2.24) is 0 Å². The number of sulfonamides is 1. The molecule has 3 rings (SSSR count). The quantitative estimate of drug-likeness (QED) is 0.497. The molecule has 11 heteroatoms. The number of anilines is 2. The molecule has 0 atom stereocenters. The summed E-state index contributed by atoms with van der Waals surface area (Å²) in [5.74, 6) is -0.0335. The third kappa shape index (κ3) is 5.60. The van der Waals surface area contributed by atoms with Gasteiger partial charge in [0, 0.05) is 11.8 Å². The summed E-state index contributed by atoms with van der Waals surface area (Å²) in [5, 5.41) is 2.53. The molecule has 1 N–H and O–H groups in total. The van der Waals surface area contributed by atoms with Gasteiger partial charge in [-0.15, -0.1) is 0 Å². The van der Waals surface area contributed by atoms with Crippen LogP contribution in [0.5, 0.6) is 11.5 Å². The monoisotopic (exact) mass is 494 g/mol. The number of halogens is 3. The highest BCUT2D eigenvalue weighted by Gasteiger charge is 2.33. The molecule has 1 amide bonds. The second-order valence-corrected chi connectivity index (χ2v) is 8.85. The number of carbonyl (C=O) groups is 1. The number of nitrogens with one attached hydrogen (secondary N) is 1. The Bertz CT molecular complexity index is 1270. The van der Waals surface area contributed by atoms with E-state index in [4.69, 9.17) is 9.47 Å². The van der Waals surface area contributed by atoms with E-state index in [0.717, 1.165) is 12.1 Å². The van der Waals surface area contributed by atoms with Crippen molar-refractivity contribution in [2.75, 3.05) is 30.4 Å². The minimum atomic E-state index is -4.69. The summed E-state index contributed by atoms with van der Waals surface area (Å²) in [7, 11) is -1.52. The summed E-state index contributed by atoms with van der Waals surface area (Å²) < 4.78 is 77.3. The number of nitrogens with zero attached hydrogens (tertiary/aromatic N) is 1. The van der Waals surface area contributed by atoms with E-state index in [2.05, 4.69) is 5.32 Å². The topological polar surface area (TPSA) is 84.9 Å². The van der Waals surface area contributed by atoms with Crippen molar-refractivity contribution >= 4 is 27.3 Å². The summed E-state index contributed by atoms with van der Waals surface area (Å²) in [5.41, 5.74) is -1.07. The minimum Gasteiger partial charge on any atom is -0.493 e. The molecule has 0 aromatic heterocycles. The molecule has 0 saturated carbocycles. The van der Waals surface area contributed by atoms with Crippen LogP contribution < -0.4 is 19.1 Å². The average Bonchev–Trinajstić information content (AvgIpc) is 2.82. The van der Waals surface area contributed by atoms with Crippen LogP contribution in [0.2, 0.25) is 0 Å². The van der Waals surface area contributed by atoms with E-state index in [-0.39, 0.29) is 16.3 Å². The summed E-state index contributed by atoms with van der Waals surface area (Å²) in [6.45, 7) is -0.771. The van der Waals surface area contributed by atoms with Gasteiger partial charge in [-0.3, -0.25) is 9.10 Å². The van der Waals surface area contributed by atoms with Crippen LogP contribution in [0.1, 0.15) is 5.56 Å². The SMILES string of the molecule is COc1ccc(NC(=O)CN(c2cccc(C(F)(F)F)c2)S(=O)(=O)c2ccccc2)cc1OC. The van der Waals surface area contributed by atoms with Crippen molar-refractivity contribution in [3.05, 3.63) is 78.4 Å². The van der Waals surface area contributed by atoms with E-state index < -0.39 is 34.2 Å². The molecule has 0 spiro atoms. The van der Waals surface area contributed by atoms with Crippen molar-refractivity contribution in [3.63, 3.8) is 0 Å². The Balaban J connectivity index is 1.97. The van der Waals surface area contributed by atoms with Crippen LogP contribution in [0.25, 0.3) is 0 Å². The average molecular weight is 494 g/mol. The number of ether oxygens (including phenoxy) is 2. The van der Waals surface area contributed by atoms with Gasteiger partial charge in [-0.25, -0.2) is 8.42 Å².